The standard InChI is InChI=1S/C11H13N3O2S2/c1-7-12-4-9(18-7)5-13-11-14-8(6-17-11)2-3-10(15)16/h4,6H,2-3,5H2,1H3,(H,13,14)(H,15,16). The minimum atomic E-state index is -0.794. The smallest absolute Gasteiger partial charge is 0.303 e. The molecular weight excluding hydrogens is 270 g/mol. The van der Waals surface area contributed by atoms with Crippen LogP contribution >= 0.6 is 22.7 Å². The predicted molar refractivity (Wildman–Crippen MR) is 72.2 cm³/mol. The Morgan fingerprint density at radius 2 is 2.39 bits per heavy atom. The number of carbonyl (C=O) groups is 1. The van der Waals surface area contributed by atoms with Crippen molar-refractivity contribution < 1.29 is 9.90 Å². The highest BCUT2D eigenvalue weighted by atomic mass is 32.1. The molecule has 0 saturated heterocycles. The number of nitrogens with one attached hydrogen (secondary N) is 1. The summed E-state index contributed by atoms with van der Waals surface area (Å²) in [4.78, 5) is 20.1. The maximum atomic E-state index is 10.4. The van der Waals surface area contributed by atoms with Gasteiger partial charge in [0.05, 0.1) is 23.7 Å². The van der Waals surface area contributed by atoms with Crippen LogP contribution in [-0.2, 0) is 17.8 Å². The van der Waals surface area contributed by atoms with Gasteiger partial charge < -0.3 is 10.4 Å². The van der Waals surface area contributed by atoms with E-state index >= 15 is 0 Å². The van der Waals surface area contributed by atoms with Crippen LogP contribution in [0.1, 0.15) is 22.0 Å². The predicted octanol–water partition coefficient (Wildman–Crippen LogP) is 2.54. The Morgan fingerprint density at radius 3 is 3.06 bits per heavy atom. The molecular formula is C11H13N3O2S2. The third-order valence-electron chi connectivity index (χ3n) is 2.23. The van der Waals surface area contributed by atoms with Gasteiger partial charge in [0.1, 0.15) is 0 Å². The summed E-state index contributed by atoms with van der Waals surface area (Å²) in [5.41, 5.74) is 0.824. The average molecular weight is 283 g/mol. The molecule has 0 atom stereocenters. The van der Waals surface area contributed by atoms with Crippen LogP contribution in [0.5, 0.6) is 0 Å². The minimum Gasteiger partial charge on any atom is -0.481 e. The Kier molecular flexibility index (Phi) is 4.27. The summed E-state index contributed by atoms with van der Waals surface area (Å²) < 4.78 is 0. The summed E-state index contributed by atoms with van der Waals surface area (Å²) in [6.45, 7) is 2.68. The van der Waals surface area contributed by atoms with Crippen molar-refractivity contribution in [3.63, 3.8) is 0 Å². The number of aryl methyl sites for hydroxylation is 2. The SMILES string of the molecule is Cc1ncc(CNc2nc(CCC(=O)O)cs2)s1. The van der Waals surface area contributed by atoms with Crippen LogP contribution in [-0.4, -0.2) is 21.0 Å². The van der Waals surface area contributed by atoms with Crippen molar-refractivity contribution in [3.05, 3.63) is 27.2 Å². The van der Waals surface area contributed by atoms with E-state index in [-0.39, 0.29) is 6.42 Å². The van der Waals surface area contributed by atoms with Gasteiger partial charge in [-0.15, -0.1) is 22.7 Å². The Morgan fingerprint density at radius 1 is 1.56 bits per heavy atom. The molecule has 0 aliphatic carbocycles. The van der Waals surface area contributed by atoms with Gasteiger partial charge in [-0.25, -0.2) is 9.97 Å². The molecule has 0 aromatic carbocycles. The number of thiazole rings is 2. The highest BCUT2D eigenvalue weighted by Gasteiger charge is 2.05. The van der Waals surface area contributed by atoms with Gasteiger partial charge in [-0.05, 0) is 6.92 Å². The largest absolute Gasteiger partial charge is 0.481 e. The number of nitrogens with zero attached hydrogens (tertiary/aromatic N) is 2. The summed E-state index contributed by atoms with van der Waals surface area (Å²) >= 11 is 3.15. The normalized spacial score (nSPS) is 10.5. The van der Waals surface area contributed by atoms with Gasteiger partial charge >= 0.3 is 5.97 Å². The fraction of sp³-hybridized carbons (Fsp3) is 0.364. The van der Waals surface area contributed by atoms with Crippen molar-refractivity contribution >= 4 is 33.8 Å². The molecule has 96 valence electrons. The second-order valence-electron chi connectivity index (χ2n) is 3.74. The Labute approximate surface area is 113 Å². The molecule has 0 spiro atoms. The van der Waals surface area contributed by atoms with E-state index in [1.54, 1.807) is 11.3 Å². The number of carboxylic acid groups (broad SMARTS) is 1. The zero-order valence-corrected chi connectivity index (χ0v) is 11.5. The lowest BCUT2D eigenvalue weighted by Gasteiger charge is -1.98. The molecule has 0 aliphatic heterocycles. The first-order valence-corrected chi connectivity index (χ1v) is 7.14. The summed E-state index contributed by atoms with van der Waals surface area (Å²) in [6, 6.07) is 0. The molecule has 2 N–H and O–H groups in total. The Bertz CT molecular complexity index is 536. The van der Waals surface area contributed by atoms with Gasteiger partial charge in [0.15, 0.2) is 5.13 Å². The van der Waals surface area contributed by atoms with E-state index in [4.69, 9.17) is 5.11 Å². The zero-order chi connectivity index (χ0) is 13.0. The highest BCUT2D eigenvalue weighted by Crippen LogP contribution is 2.19. The monoisotopic (exact) mass is 283 g/mol. The number of aromatic nitrogens is 2. The Hall–Kier alpha value is -1.47. The van der Waals surface area contributed by atoms with E-state index in [9.17, 15) is 4.79 Å². The molecule has 2 heterocycles. The molecule has 0 saturated carbocycles. The van der Waals surface area contributed by atoms with Crippen LogP contribution < -0.4 is 5.32 Å². The highest BCUT2D eigenvalue weighted by molar-refractivity contribution is 7.13. The number of rotatable bonds is 6. The minimum absolute atomic E-state index is 0.122. The number of hydrogen-bond acceptors (Lipinski definition) is 6. The molecule has 2 rings (SSSR count). The van der Waals surface area contributed by atoms with Crippen molar-refractivity contribution in [2.45, 2.75) is 26.3 Å². The van der Waals surface area contributed by atoms with Crippen LogP contribution in [0.25, 0.3) is 0 Å². The van der Waals surface area contributed by atoms with Gasteiger partial charge in [0.25, 0.3) is 0 Å². The molecule has 0 aliphatic rings. The van der Waals surface area contributed by atoms with Gasteiger partial charge in [-0.2, -0.15) is 0 Å². The van der Waals surface area contributed by atoms with Gasteiger partial charge in [-0.1, -0.05) is 0 Å². The lowest BCUT2D eigenvalue weighted by atomic mass is 10.2. The van der Waals surface area contributed by atoms with E-state index in [0.29, 0.717) is 13.0 Å². The van der Waals surface area contributed by atoms with E-state index in [1.165, 1.54) is 11.3 Å². The molecule has 7 heteroatoms. The van der Waals surface area contributed by atoms with Crippen molar-refractivity contribution in [3.8, 4) is 0 Å². The van der Waals surface area contributed by atoms with Gasteiger partial charge in [-0.3, -0.25) is 4.79 Å². The Balaban J connectivity index is 1.84. The fourth-order valence-electron chi connectivity index (χ4n) is 1.39. The molecule has 2 aromatic rings. The third kappa shape index (κ3) is 3.78. The van der Waals surface area contributed by atoms with Gasteiger partial charge in [0, 0.05) is 22.9 Å². The molecule has 0 bridgehead atoms. The number of hydrogen-bond donors (Lipinski definition) is 2. The quantitative estimate of drug-likeness (QED) is 0.852. The second kappa shape index (κ2) is 5.92. The van der Waals surface area contributed by atoms with Crippen LogP contribution in [0.4, 0.5) is 5.13 Å². The van der Waals surface area contributed by atoms with Crippen molar-refractivity contribution in [2.24, 2.45) is 0 Å². The first-order chi connectivity index (χ1) is 8.63. The van der Waals surface area contributed by atoms with Crippen LogP contribution in [0.2, 0.25) is 0 Å². The average Bonchev–Trinajstić information content (AvgIpc) is 2.93. The second-order valence-corrected chi connectivity index (χ2v) is 5.91. The molecule has 0 unspecified atom stereocenters. The molecule has 0 fully saturated rings. The van der Waals surface area contributed by atoms with Crippen molar-refractivity contribution in [2.75, 3.05) is 5.32 Å². The first kappa shape index (κ1) is 13.0. The lowest BCUT2D eigenvalue weighted by Crippen LogP contribution is -1.99. The zero-order valence-electron chi connectivity index (χ0n) is 9.84. The summed E-state index contributed by atoms with van der Waals surface area (Å²) in [5.74, 6) is -0.794. The summed E-state index contributed by atoms with van der Waals surface area (Å²) in [5, 5.41) is 15.6. The topological polar surface area (TPSA) is 75.1 Å². The number of aliphatic carboxylic acids is 1. The van der Waals surface area contributed by atoms with Crippen LogP contribution in [0.15, 0.2) is 11.6 Å². The van der Waals surface area contributed by atoms with Crippen LogP contribution in [0, 0.1) is 6.92 Å². The summed E-state index contributed by atoms with van der Waals surface area (Å²) in [7, 11) is 0. The molecule has 5 nitrogen and oxygen atoms in total. The number of anilines is 1. The number of carboxylic acids is 1. The van der Waals surface area contributed by atoms with E-state index in [0.717, 1.165) is 20.7 Å². The van der Waals surface area contributed by atoms with Crippen molar-refractivity contribution in [1.82, 2.24) is 9.97 Å². The first-order valence-electron chi connectivity index (χ1n) is 5.45. The van der Waals surface area contributed by atoms with Crippen LogP contribution in [0.3, 0.4) is 0 Å². The fourth-order valence-corrected chi connectivity index (χ4v) is 2.87. The van der Waals surface area contributed by atoms with E-state index in [1.807, 2.05) is 18.5 Å². The lowest BCUT2D eigenvalue weighted by molar-refractivity contribution is -0.136. The molecule has 18 heavy (non-hydrogen) atoms. The molecule has 0 radical (unpaired) electrons. The van der Waals surface area contributed by atoms with Crippen molar-refractivity contribution in [1.29, 1.82) is 0 Å². The van der Waals surface area contributed by atoms with E-state index in [2.05, 4.69) is 15.3 Å². The van der Waals surface area contributed by atoms with E-state index < -0.39 is 5.97 Å². The third-order valence-corrected chi connectivity index (χ3v) is 3.99. The summed E-state index contributed by atoms with van der Waals surface area (Å²) in [6.07, 6.45) is 2.45. The maximum absolute atomic E-state index is 10.4. The molecule has 2 aromatic heterocycles. The molecule has 0 amide bonds. The maximum Gasteiger partial charge on any atom is 0.303 e. The van der Waals surface area contributed by atoms with Gasteiger partial charge in [0.2, 0.25) is 0 Å².